The molecular formula is C13H20FNO2S. The van der Waals surface area contributed by atoms with Crippen molar-refractivity contribution in [1.82, 2.24) is 0 Å². The maximum absolute atomic E-state index is 13.6. The lowest BCUT2D eigenvalue weighted by Crippen LogP contribution is -2.07. The normalized spacial score (nSPS) is 10.9. The highest BCUT2D eigenvalue weighted by atomic mass is 32.2. The van der Waals surface area contributed by atoms with Crippen molar-refractivity contribution in [2.24, 2.45) is 0 Å². The first-order valence-corrected chi connectivity index (χ1v) is 6.90. The fourth-order valence-corrected chi connectivity index (χ4v) is 2.30. The minimum Gasteiger partial charge on any atom is -0.488 e. The van der Waals surface area contributed by atoms with E-state index in [1.165, 1.54) is 6.07 Å². The second-order valence-corrected chi connectivity index (χ2v) is 5.32. The van der Waals surface area contributed by atoms with E-state index in [0.29, 0.717) is 12.3 Å². The van der Waals surface area contributed by atoms with Gasteiger partial charge in [-0.15, -0.1) is 11.8 Å². The molecule has 1 rings (SSSR count). The summed E-state index contributed by atoms with van der Waals surface area (Å²) in [5, 5.41) is 0. The molecule has 3 nitrogen and oxygen atoms in total. The second-order valence-electron chi connectivity index (χ2n) is 4.18. The van der Waals surface area contributed by atoms with Crippen LogP contribution in [0.1, 0.15) is 20.3 Å². The molecule has 0 bridgehead atoms. The third-order valence-corrected chi connectivity index (χ3v) is 3.33. The lowest BCUT2D eigenvalue weighted by atomic mass is 10.3. The van der Waals surface area contributed by atoms with Gasteiger partial charge in [-0.1, -0.05) is 0 Å². The van der Waals surface area contributed by atoms with E-state index in [0.717, 1.165) is 17.1 Å². The van der Waals surface area contributed by atoms with E-state index in [1.54, 1.807) is 24.9 Å². The summed E-state index contributed by atoms with van der Waals surface area (Å²) >= 11 is 1.59. The Morgan fingerprint density at radius 2 is 2.11 bits per heavy atom. The van der Waals surface area contributed by atoms with E-state index < -0.39 is 5.82 Å². The largest absolute Gasteiger partial charge is 0.488 e. The number of hydrogen-bond donors (Lipinski definition) is 1. The summed E-state index contributed by atoms with van der Waals surface area (Å²) in [7, 11) is 1.67. The molecule has 5 heteroatoms. The van der Waals surface area contributed by atoms with Gasteiger partial charge in [0, 0.05) is 36.1 Å². The summed E-state index contributed by atoms with van der Waals surface area (Å²) in [5.74, 6) is 0.723. The molecule has 18 heavy (non-hydrogen) atoms. The molecule has 0 aromatic heterocycles. The average molecular weight is 273 g/mol. The Balaban J connectivity index is 2.71. The summed E-state index contributed by atoms with van der Waals surface area (Å²) in [6.07, 6.45) is 0.868. The molecule has 0 fully saturated rings. The molecule has 1 aromatic carbocycles. The van der Waals surface area contributed by atoms with Crippen molar-refractivity contribution in [3.05, 3.63) is 17.9 Å². The van der Waals surface area contributed by atoms with E-state index in [2.05, 4.69) is 0 Å². The van der Waals surface area contributed by atoms with Crippen LogP contribution in [0.25, 0.3) is 0 Å². The highest BCUT2D eigenvalue weighted by molar-refractivity contribution is 7.99. The van der Waals surface area contributed by atoms with E-state index in [-0.39, 0.29) is 11.9 Å². The zero-order valence-corrected chi connectivity index (χ0v) is 11.8. The van der Waals surface area contributed by atoms with Crippen molar-refractivity contribution in [2.45, 2.75) is 31.3 Å². The zero-order valence-electron chi connectivity index (χ0n) is 11.0. The van der Waals surface area contributed by atoms with Crippen molar-refractivity contribution in [3.8, 4) is 5.75 Å². The molecule has 0 atom stereocenters. The minimum atomic E-state index is -0.414. The number of anilines is 1. The van der Waals surface area contributed by atoms with Crippen LogP contribution >= 0.6 is 11.8 Å². The molecular weight excluding hydrogens is 253 g/mol. The lowest BCUT2D eigenvalue weighted by Gasteiger charge is -2.13. The summed E-state index contributed by atoms with van der Waals surface area (Å²) < 4.78 is 24.0. The van der Waals surface area contributed by atoms with E-state index in [1.807, 2.05) is 13.8 Å². The van der Waals surface area contributed by atoms with Gasteiger partial charge in [0.1, 0.15) is 0 Å². The SMILES string of the molecule is COCCCSc1cc(OC(C)C)c(F)cc1N. The third-order valence-electron chi connectivity index (χ3n) is 2.18. The van der Waals surface area contributed by atoms with Crippen LogP contribution in [0, 0.1) is 5.82 Å². The van der Waals surface area contributed by atoms with Gasteiger partial charge in [-0.2, -0.15) is 0 Å². The monoisotopic (exact) mass is 273 g/mol. The Morgan fingerprint density at radius 1 is 1.39 bits per heavy atom. The van der Waals surface area contributed by atoms with Crippen LogP contribution in [0.4, 0.5) is 10.1 Å². The molecule has 0 spiro atoms. The molecule has 0 saturated heterocycles. The predicted molar refractivity (Wildman–Crippen MR) is 73.8 cm³/mol. The van der Waals surface area contributed by atoms with Gasteiger partial charge in [-0.3, -0.25) is 0 Å². The van der Waals surface area contributed by atoms with Crippen molar-refractivity contribution < 1.29 is 13.9 Å². The van der Waals surface area contributed by atoms with Crippen LogP contribution in [0.15, 0.2) is 17.0 Å². The van der Waals surface area contributed by atoms with Crippen molar-refractivity contribution in [3.63, 3.8) is 0 Å². The molecule has 0 aliphatic heterocycles. The van der Waals surface area contributed by atoms with Gasteiger partial charge in [-0.05, 0) is 26.3 Å². The molecule has 0 radical (unpaired) electrons. The number of halogens is 1. The topological polar surface area (TPSA) is 44.5 Å². The van der Waals surface area contributed by atoms with Gasteiger partial charge in [0.15, 0.2) is 11.6 Å². The number of rotatable bonds is 7. The Morgan fingerprint density at radius 3 is 2.72 bits per heavy atom. The number of thioether (sulfide) groups is 1. The number of methoxy groups -OCH3 is 1. The smallest absolute Gasteiger partial charge is 0.167 e. The molecule has 0 saturated carbocycles. The van der Waals surface area contributed by atoms with Crippen molar-refractivity contribution >= 4 is 17.4 Å². The number of nitrogens with two attached hydrogens (primary N) is 1. The van der Waals surface area contributed by atoms with E-state index in [9.17, 15) is 4.39 Å². The molecule has 0 aliphatic rings. The van der Waals surface area contributed by atoms with E-state index in [4.69, 9.17) is 15.2 Å². The molecule has 2 N–H and O–H groups in total. The first-order valence-electron chi connectivity index (χ1n) is 5.92. The molecule has 0 amide bonds. The van der Waals surface area contributed by atoms with Gasteiger partial charge in [-0.25, -0.2) is 4.39 Å². The quantitative estimate of drug-likeness (QED) is 0.470. The predicted octanol–water partition coefficient (Wildman–Crippen LogP) is 3.32. The number of ether oxygens (including phenoxy) is 2. The third kappa shape index (κ3) is 4.74. The van der Waals surface area contributed by atoms with Gasteiger partial charge in [0.2, 0.25) is 0 Å². The molecule has 0 aliphatic carbocycles. The fraction of sp³-hybridized carbons (Fsp3) is 0.538. The average Bonchev–Trinajstić information content (AvgIpc) is 2.29. The number of benzene rings is 1. The van der Waals surface area contributed by atoms with Crippen molar-refractivity contribution in [1.29, 1.82) is 0 Å². The van der Waals surface area contributed by atoms with Crippen LogP contribution in [0.5, 0.6) is 5.75 Å². The molecule has 0 heterocycles. The zero-order chi connectivity index (χ0) is 13.5. The van der Waals surface area contributed by atoms with Crippen LogP contribution in [0.2, 0.25) is 0 Å². The van der Waals surface area contributed by atoms with Crippen LogP contribution in [0.3, 0.4) is 0 Å². The van der Waals surface area contributed by atoms with Gasteiger partial charge in [0.05, 0.1) is 6.10 Å². The first-order chi connectivity index (χ1) is 8.54. The Labute approximate surface area is 112 Å². The molecule has 0 unspecified atom stereocenters. The lowest BCUT2D eigenvalue weighted by molar-refractivity contribution is 0.200. The first kappa shape index (κ1) is 15.1. The highest BCUT2D eigenvalue weighted by Gasteiger charge is 2.10. The summed E-state index contributed by atoms with van der Waals surface area (Å²) in [6, 6.07) is 2.98. The van der Waals surface area contributed by atoms with Gasteiger partial charge in [0.25, 0.3) is 0 Å². The summed E-state index contributed by atoms with van der Waals surface area (Å²) in [4.78, 5) is 0.850. The number of nitrogen functional groups attached to an aromatic ring is 1. The maximum atomic E-state index is 13.6. The van der Waals surface area contributed by atoms with E-state index >= 15 is 0 Å². The summed E-state index contributed by atoms with van der Waals surface area (Å²) in [5.41, 5.74) is 6.24. The van der Waals surface area contributed by atoms with Gasteiger partial charge >= 0.3 is 0 Å². The highest BCUT2D eigenvalue weighted by Crippen LogP contribution is 2.32. The maximum Gasteiger partial charge on any atom is 0.167 e. The van der Waals surface area contributed by atoms with Crippen molar-refractivity contribution in [2.75, 3.05) is 25.2 Å². The number of hydrogen-bond acceptors (Lipinski definition) is 4. The van der Waals surface area contributed by atoms with Crippen LogP contribution in [-0.2, 0) is 4.74 Å². The minimum absolute atomic E-state index is 0.0607. The Bertz CT molecular complexity index is 385. The van der Waals surface area contributed by atoms with Crippen LogP contribution < -0.4 is 10.5 Å². The second kappa shape index (κ2) is 7.48. The standard InChI is InChI=1S/C13H20FNO2S/c1-9(2)17-12-8-13(11(15)7-10(12)14)18-6-4-5-16-3/h7-9H,4-6,15H2,1-3H3. The Hall–Kier alpha value is -0.940. The fourth-order valence-electron chi connectivity index (χ4n) is 1.40. The van der Waals surface area contributed by atoms with Crippen LogP contribution in [-0.4, -0.2) is 25.6 Å². The summed E-state index contributed by atoms with van der Waals surface area (Å²) in [6.45, 7) is 4.44. The molecule has 102 valence electrons. The Kier molecular flexibility index (Phi) is 6.29. The van der Waals surface area contributed by atoms with Gasteiger partial charge < -0.3 is 15.2 Å². The molecule has 1 aromatic rings.